The van der Waals surface area contributed by atoms with Gasteiger partial charge in [-0.3, -0.25) is 14.6 Å². The van der Waals surface area contributed by atoms with Crippen LogP contribution >= 0.6 is 11.8 Å². The third-order valence-electron chi connectivity index (χ3n) is 3.96. The molecule has 24 heavy (non-hydrogen) atoms. The van der Waals surface area contributed by atoms with Crippen molar-refractivity contribution in [2.45, 2.75) is 11.7 Å². The third kappa shape index (κ3) is 3.62. The van der Waals surface area contributed by atoms with Gasteiger partial charge in [0.25, 0.3) is 11.5 Å². The fourth-order valence-corrected chi connectivity index (χ4v) is 4.05. The van der Waals surface area contributed by atoms with E-state index in [4.69, 9.17) is 0 Å². The summed E-state index contributed by atoms with van der Waals surface area (Å²) in [5.41, 5.74) is 0.294. The number of aromatic hydroxyl groups is 1. The molecule has 1 aromatic carbocycles. The Bertz CT molecular complexity index is 808. The smallest absolute Gasteiger partial charge is 0.254 e. The number of halogens is 1. The van der Waals surface area contributed by atoms with E-state index in [1.807, 2.05) is 6.07 Å². The molecule has 0 radical (unpaired) electrons. The van der Waals surface area contributed by atoms with Crippen LogP contribution in [0.5, 0.6) is 5.88 Å². The van der Waals surface area contributed by atoms with E-state index in [2.05, 4.69) is 4.98 Å². The number of carbonyl (C=O) groups excluding carboxylic acids is 1. The highest BCUT2D eigenvalue weighted by atomic mass is 32.2. The Labute approximate surface area is 142 Å². The first-order chi connectivity index (χ1) is 11.5. The molecule has 1 fully saturated rings. The lowest BCUT2D eigenvalue weighted by atomic mass is 10.1. The number of hydrogen-bond acceptors (Lipinski definition) is 4. The Morgan fingerprint density at radius 2 is 2.08 bits per heavy atom. The first-order valence-electron chi connectivity index (χ1n) is 7.63. The molecule has 3 rings (SSSR count). The van der Waals surface area contributed by atoms with Crippen LogP contribution in [0.2, 0.25) is 0 Å². The Morgan fingerprint density at radius 1 is 1.29 bits per heavy atom. The monoisotopic (exact) mass is 348 g/mol. The molecule has 0 saturated carbocycles. The topological polar surface area (TPSA) is 73.4 Å². The zero-order valence-corrected chi connectivity index (χ0v) is 13.7. The zero-order chi connectivity index (χ0) is 17.1. The van der Waals surface area contributed by atoms with Crippen LogP contribution in [0.4, 0.5) is 4.39 Å². The van der Waals surface area contributed by atoms with Gasteiger partial charge < -0.3 is 10.0 Å². The summed E-state index contributed by atoms with van der Waals surface area (Å²) in [4.78, 5) is 27.8. The number of rotatable bonds is 2. The molecule has 2 heterocycles. The molecule has 0 spiro atoms. The summed E-state index contributed by atoms with van der Waals surface area (Å²) in [7, 11) is 0. The maximum absolute atomic E-state index is 14.0. The molecule has 1 aliphatic rings. The molecule has 0 aliphatic carbocycles. The van der Waals surface area contributed by atoms with Crippen LogP contribution in [0.15, 0.2) is 41.2 Å². The lowest BCUT2D eigenvalue weighted by molar-refractivity contribution is 0.0765. The highest BCUT2D eigenvalue weighted by molar-refractivity contribution is 7.99. The van der Waals surface area contributed by atoms with E-state index in [1.165, 1.54) is 18.2 Å². The fraction of sp³-hybridized carbons (Fsp3) is 0.294. The lowest BCUT2D eigenvalue weighted by Gasteiger charge is -2.20. The molecule has 126 valence electrons. The van der Waals surface area contributed by atoms with Gasteiger partial charge in [-0.2, -0.15) is 11.8 Å². The number of nitrogens with one attached hydrogen (secondary N) is 1. The van der Waals surface area contributed by atoms with Crippen molar-refractivity contribution in [2.75, 3.05) is 18.8 Å². The quantitative estimate of drug-likeness (QED) is 0.875. The van der Waals surface area contributed by atoms with Crippen molar-refractivity contribution >= 4 is 17.7 Å². The van der Waals surface area contributed by atoms with Gasteiger partial charge in [0.1, 0.15) is 5.82 Å². The van der Waals surface area contributed by atoms with E-state index >= 15 is 0 Å². The Morgan fingerprint density at radius 3 is 2.83 bits per heavy atom. The lowest BCUT2D eigenvalue weighted by Crippen LogP contribution is -2.33. The number of benzene rings is 1. The van der Waals surface area contributed by atoms with Crippen molar-refractivity contribution in [3.05, 3.63) is 63.7 Å². The van der Waals surface area contributed by atoms with Crippen molar-refractivity contribution in [1.29, 1.82) is 0 Å². The van der Waals surface area contributed by atoms with E-state index in [1.54, 1.807) is 28.8 Å². The summed E-state index contributed by atoms with van der Waals surface area (Å²) in [5, 5.41) is 9.44. The normalized spacial score (nSPS) is 18.2. The van der Waals surface area contributed by atoms with Gasteiger partial charge in [-0.1, -0.05) is 18.2 Å². The van der Waals surface area contributed by atoms with Gasteiger partial charge in [0.15, 0.2) is 5.88 Å². The number of aromatic amines is 1. The van der Waals surface area contributed by atoms with Gasteiger partial charge in [0, 0.05) is 41.8 Å². The van der Waals surface area contributed by atoms with Crippen LogP contribution in [-0.2, 0) is 0 Å². The number of H-pyrrole nitrogens is 1. The average Bonchev–Trinajstić information content (AvgIpc) is 2.79. The SMILES string of the molecule is O=C(c1cc(O)[nH]c(=O)c1)N1CCSC(c2ccccc2F)CC1. The minimum atomic E-state index is -0.521. The number of carbonyl (C=O) groups is 1. The van der Waals surface area contributed by atoms with E-state index < -0.39 is 5.56 Å². The van der Waals surface area contributed by atoms with Crippen molar-refractivity contribution in [1.82, 2.24) is 9.88 Å². The van der Waals surface area contributed by atoms with Crippen LogP contribution in [0.1, 0.15) is 27.6 Å². The van der Waals surface area contributed by atoms with Gasteiger partial charge in [-0.15, -0.1) is 0 Å². The third-order valence-corrected chi connectivity index (χ3v) is 5.27. The largest absolute Gasteiger partial charge is 0.494 e. The van der Waals surface area contributed by atoms with Gasteiger partial charge in [0.05, 0.1) is 5.56 Å². The Kier molecular flexibility index (Phi) is 4.89. The highest BCUT2D eigenvalue weighted by Crippen LogP contribution is 2.35. The van der Waals surface area contributed by atoms with Crippen molar-refractivity contribution < 1.29 is 14.3 Å². The average molecular weight is 348 g/mol. The van der Waals surface area contributed by atoms with Crippen molar-refractivity contribution in [2.24, 2.45) is 0 Å². The summed E-state index contributed by atoms with van der Waals surface area (Å²) < 4.78 is 14.0. The van der Waals surface area contributed by atoms with Crippen molar-refractivity contribution in [3.63, 3.8) is 0 Å². The summed E-state index contributed by atoms with van der Waals surface area (Å²) in [6.45, 7) is 0.987. The molecule has 1 unspecified atom stereocenters. The standard InChI is InChI=1S/C17H17FN2O3S/c18-13-4-2-1-3-12(13)14-5-6-20(7-8-24-14)17(23)11-9-15(21)19-16(22)10-11/h1-4,9-10,14H,5-8H2,(H2,19,21,22). The summed E-state index contributed by atoms with van der Waals surface area (Å²) in [6, 6.07) is 9.12. The Hall–Kier alpha value is -2.28. The number of thioether (sulfide) groups is 1. The molecular weight excluding hydrogens is 331 g/mol. The molecule has 1 aromatic heterocycles. The second-order valence-electron chi connectivity index (χ2n) is 5.58. The van der Waals surface area contributed by atoms with Gasteiger partial charge >= 0.3 is 0 Å². The molecule has 1 amide bonds. The van der Waals surface area contributed by atoms with E-state index in [0.29, 0.717) is 30.8 Å². The summed E-state index contributed by atoms with van der Waals surface area (Å²) in [6.07, 6.45) is 0.631. The summed E-state index contributed by atoms with van der Waals surface area (Å²) >= 11 is 1.62. The first kappa shape index (κ1) is 16.6. The highest BCUT2D eigenvalue weighted by Gasteiger charge is 2.24. The van der Waals surface area contributed by atoms with E-state index in [0.717, 1.165) is 0 Å². The van der Waals surface area contributed by atoms with Gasteiger partial charge in [0.2, 0.25) is 0 Å². The molecule has 1 atom stereocenters. The maximum Gasteiger partial charge on any atom is 0.254 e. The van der Waals surface area contributed by atoms with Crippen LogP contribution in [0, 0.1) is 5.82 Å². The molecular formula is C17H17FN2O3S. The zero-order valence-electron chi connectivity index (χ0n) is 12.9. The number of nitrogens with zero attached hydrogens (tertiary/aromatic N) is 1. The van der Waals surface area contributed by atoms with Gasteiger partial charge in [-0.05, 0) is 12.5 Å². The summed E-state index contributed by atoms with van der Waals surface area (Å²) in [5.74, 6) is -0.181. The maximum atomic E-state index is 14.0. The predicted molar refractivity (Wildman–Crippen MR) is 90.8 cm³/mol. The second-order valence-corrected chi connectivity index (χ2v) is 6.89. The first-order valence-corrected chi connectivity index (χ1v) is 8.68. The van der Waals surface area contributed by atoms with Gasteiger partial charge in [-0.25, -0.2) is 4.39 Å². The number of amides is 1. The van der Waals surface area contributed by atoms with Crippen molar-refractivity contribution in [3.8, 4) is 5.88 Å². The predicted octanol–water partition coefficient (Wildman–Crippen LogP) is 2.54. The minimum absolute atomic E-state index is 0.00317. The van der Waals surface area contributed by atoms with Crippen LogP contribution in [-0.4, -0.2) is 39.7 Å². The van der Waals surface area contributed by atoms with E-state index in [-0.39, 0.29) is 28.4 Å². The molecule has 2 aromatic rings. The van der Waals surface area contributed by atoms with Crippen LogP contribution < -0.4 is 5.56 Å². The second kappa shape index (κ2) is 7.09. The molecule has 2 N–H and O–H groups in total. The molecule has 1 saturated heterocycles. The molecule has 5 nitrogen and oxygen atoms in total. The van der Waals surface area contributed by atoms with Crippen LogP contribution in [0.25, 0.3) is 0 Å². The molecule has 7 heteroatoms. The molecule has 1 aliphatic heterocycles. The van der Waals surface area contributed by atoms with E-state index in [9.17, 15) is 19.1 Å². The minimum Gasteiger partial charge on any atom is -0.494 e. The number of pyridine rings is 1. The van der Waals surface area contributed by atoms with Crippen LogP contribution in [0.3, 0.4) is 0 Å². The fourth-order valence-electron chi connectivity index (χ4n) is 2.79. The number of aromatic nitrogens is 1. The number of hydrogen-bond donors (Lipinski definition) is 2. The Balaban J connectivity index is 1.74. The molecule has 0 bridgehead atoms.